The van der Waals surface area contributed by atoms with Crippen LogP contribution >= 0.6 is 0 Å². The van der Waals surface area contributed by atoms with Crippen molar-refractivity contribution < 1.29 is 17.7 Å². The van der Waals surface area contributed by atoms with E-state index in [0.717, 1.165) is 166 Å². The summed E-state index contributed by atoms with van der Waals surface area (Å²) in [6.45, 7) is 0. The summed E-state index contributed by atoms with van der Waals surface area (Å²) in [4.78, 5) is 14.7. The summed E-state index contributed by atoms with van der Waals surface area (Å²) >= 11 is 0. The number of fused-ring (bicyclic) bond motifs is 10. The maximum absolute atomic E-state index is 6.76. The van der Waals surface area contributed by atoms with Crippen molar-refractivity contribution in [1.82, 2.24) is 9.97 Å². The summed E-state index contributed by atoms with van der Waals surface area (Å²) in [5.74, 6) is 1.13. The van der Waals surface area contributed by atoms with Gasteiger partial charge in [0.05, 0.1) is 0 Å². The maximum atomic E-state index is 6.76. The lowest BCUT2D eigenvalue weighted by Gasteiger charge is -2.26. The molecule has 0 bridgehead atoms. The van der Waals surface area contributed by atoms with Crippen molar-refractivity contribution in [3.63, 3.8) is 0 Å². The highest BCUT2D eigenvalue weighted by atomic mass is 16.4. The zero-order chi connectivity index (χ0) is 71.2. The van der Waals surface area contributed by atoms with E-state index in [1.165, 1.54) is 22.1 Å². The molecule has 0 fully saturated rings. The van der Waals surface area contributed by atoms with Gasteiger partial charge >= 0.3 is 0 Å². The van der Waals surface area contributed by atoms with Crippen LogP contribution in [0.15, 0.2) is 394 Å². The Morgan fingerprint density at radius 3 is 1.13 bits per heavy atom. The topological polar surface area (TPSA) is 84.8 Å². The van der Waals surface area contributed by atoms with E-state index in [4.69, 9.17) is 27.6 Å². The minimum Gasteiger partial charge on any atom is -0.456 e. The second-order valence-electron chi connectivity index (χ2n) is 27.7. The Bertz CT molecular complexity index is 7010. The standard InChI is InChI=1S/C100H62N4O4/c1-4-15-63(16-5-1)66-29-41-80(42-30-66)103(79-24-8-3-9-25-79)81-49-37-70(38-50-81)74-39-51-86-89-59-97-92(61-95(89)106-94(86)58-74)102-100(108-97)78-55-75-21-12-13-26-85(75)87(57-78)76-23-14-22-72(53-76)68-33-45-83(46-34-68)104(82-43-31-67(32-44-82)64-17-6-2-7-18-64)84-47-35-69(36-48-84)73-40-52-93-88(56-73)90-60-98-91(62-96(90)105-93)101-99(107-98)77-28-27-65-19-10-11-20-71(65)54-77/h1-62H. The van der Waals surface area contributed by atoms with Crippen LogP contribution in [0.2, 0.25) is 0 Å². The molecule has 0 aliphatic carbocycles. The van der Waals surface area contributed by atoms with Crippen molar-refractivity contribution in [2.45, 2.75) is 0 Å². The molecule has 0 radical (unpaired) electrons. The van der Waals surface area contributed by atoms with Crippen LogP contribution in [0.4, 0.5) is 34.1 Å². The van der Waals surface area contributed by atoms with Crippen LogP contribution in [-0.4, -0.2) is 9.97 Å². The molecule has 4 heterocycles. The highest BCUT2D eigenvalue weighted by Crippen LogP contribution is 2.45. The van der Waals surface area contributed by atoms with E-state index in [-0.39, 0.29) is 0 Å². The summed E-state index contributed by atoms with van der Waals surface area (Å²) in [6, 6.07) is 133. The van der Waals surface area contributed by atoms with E-state index in [1.807, 2.05) is 12.1 Å². The minimum atomic E-state index is 0.543. The number of nitrogens with zero attached hydrogens (tertiary/aromatic N) is 4. The Hall–Kier alpha value is -14.6. The number of aromatic nitrogens is 2. The number of hydrogen-bond donors (Lipinski definition) is 0. The molecule has 0 aliphatic heterocycles. The number of hydrogen-bond acceptors (Lipinski definition) is 8. The first-order valence-electron chi connectivity index (χ1n) is 36.4. The molecule has 506 valence electrons. The monoisotopic (exact) mass is 1380 g/mol. The molecule has 0 amide bonds. The third-order valence-corrected chi connectivity index (χ3v) is 21.1. The van der Waals surface area contributed by atoms with Gasteiger partial charge in [-0.3, -0.25) is 0 Å². The number of oxazole rings is 2. The van der Waals surface area contributed by atoms with Gasteiger partial charge in [0.2, 0.25) is 11.8 Å². The molecule has 108 heavy (non-hydrogen) atoms. The lowest BCUT2D eigenvalue weighted by molar-refractivity contribution is 0.620. The second kappa shape index (κ2) is 25.7. The molecule has 21 aromatic rings. The molecule has 8 heteroatoms. The SMILES string of the molecule is c1ccc(-c2ccc(N(c3ccccc3)c3ccc(-c4ccc5c(c4)oc4cc6nc(-c7cc(-c8cccc(-c9ccc(N(c%10ccc(-c%11ccccc%11)cc%10)c%10ccc(-c%11ccc%12oc%13cc%14nc(-c%15ccc%16ccccc%16c%15)oc%14cc%13c%12c%11)cc%10)cc9)c8)c8ccccc8c7)oc6cc45)cc3)cc2)cc1. The van der Waals surface area contributed by atoms with Crippen LogP contribution < -0.4 is 9.80 Å². The van der Waals surface area contributed by atoms with Crippen LogP contribution in [-0.2, 0) is 0 Å². The molecule has 0 saturated carbocycles. The van der Waals surface area contributed by atoms with Gasteiger partial charge < -0.3 is 27.5 Å². The van der Waals surface area contributed by atoms with Gasteiger partial charge in [-0.2, -0.15) is 0 Å². The molecule has 0 aliphatic rings. The Balaban J connectivity index is 0.559. The molecule has 4 aromatic heterocycles. The highest BCUT2D eigenvalue weighted by Gasteiger charge is 2.22. The molecule has 8 nitrogen and oxygen atoms in total. The first kappa shape index (κ1) is 62.0. The molecule has 0 unspecified atom stereocenters. The van der Waals surface area contributed by atoms with Crippen molar-refractivity contribution in [3.8, 4) is 89.7 Å². The maximum Gasteiger partial charge on any atom is 0.227 e. The number of rotatable bonds is 14. The summed E-state index contributed by atoms with van der Waals surface area (Å²) < 4.78 is 26.3. The predicted molar refractivity (Wildman–Crippen MR) is 444 cm³/mol. The van der Waals surface area contributed by atoms with Crippen LogP contribution in [0.25, 0.3) is 177 Å². The fourth-order valence-corrected chi connectivity index (χ4v) is 15.6. The molecule has 17 aromatic carbocycles. The third-order valence-electron chi connectivity index (χ3n) is 21.1. The van der Waals surface area contributed by atoms with E-state index in [1.54, 1.807) is 0 Å². The fraction of sp³-hybridized carbons (Fsp3) is 0. The fourth-order valence-electron chi connectivity index (χ4n) is 15.6. The number of para-hydroxylation sites is 1. The second-order valence-corrected chi connectivity index (χ2v) is 27.7. The summed E-state index contributed by atoms with van der Waals surface area (Å²) in [6.07, 6.45) is 0. The molecule has 0 N–H and O–H groups in total. The first-order valence-corrected chi connectivity index (χ1v) is 36.4. The van der Waals surface area contributed by atoms with Gasteiger partial charge in [-0.05, 0) is 228 Å². The van der Waals surface area contributed by atoms with Gasteiger partial charge in [0.25, 0.3) is 0 Å². The number of furan rings is 2. The van der Waals surface area contributed by atoms with E-state index < -0.39 is 0 Å². The Labute approximate surface area is 621 Å². The highest BCUT2D eigenvalue weighted by molar-refractivity contribution is 6.12. The zero-order valence-electron chi connectivity index (χ0n) is 58.2. The van der Waals surface area contributed by atoms with Crippen molar-refractivity contribution in [2.75, 3.05) is 9.80 Å². The van der Waals surface area contributed by atoms with Gasteiger partial charge in [0.15, 0.2) is 11.2 Å². The van der Waals surface area contributed by atoms with E-state index in [0.29, 0.717) is 22.9 Å². The van der Waals surface area contributed by atoms with E-state index in [9.17, 15) is 0 Å². The Morgan fingerprint density at radius 2 is 0.556 bits per heavy atom. The average Bonchev–Trinajstić information content (AvgIpc) is 1.59. The first-order chi connectivity index (χ1) is 53.4. The quantitative estimate of drug-likeness (QED) is 0.106. The molecule has 0 atom stereocenters. The lowest BCUT2D eigenvalue weighted by atomic mass is 9.93. The normalized spacial score (nSPS) is 11.7. The molecular formula is C100H62N4O4. The molecule has 21 rings (SSSR count). The number of benzene rings is 17. The lowest BCUT2D eigenvalue weighted by Crippen LogP contribution is -2.09. The Morgan fingerprint density at radius 1 is 0.176 bits per heavy atom. The van der Waals surface area contributed by atoms with Gasteiger partial charge in [-0.25, -0.2) is 9.97 Å². The average molecular weight is 1380 g/mol. The largest absolute Gasteiger partial charge is 0.456 e. The smallest absolute Gasteiger partial charge is 0.227 e. The summed E-state index contributed by atoms with van der Waals surface area (Å²) in [5, 5.41) is 8.52. The van der Waals surface area contributed by atoms with Gasteiger partial charge in [0, 0.05) is 78.9 Å². The minimum absolute atomic E-state index is 0.543. The van der Waals surface area contributed by atoms with Crippen LogP contribution in [0.5, 0.6) is 0 Å². The van der Waals surface area contributed by atoms with Crippen molar-refractivity contribution in [2.24, 2.45) is 0 Å². The van der Waals surface area contributed by atoms with Crippen molar-refractivity contribution in [3.05, 3.63) is 376 Å². The van der Waals surface area contributed by atoms with Crippen LogP contribution in [0.3, 0.4) is 0 Å². The summed E-state index contributed by atoms with van der Waals surface area (Å²) in [7, 11) is 0. The zero-order valence-corrected chi connectivity index (χ0v) is 58.2. The van der Waals surface area contributed by atoms with E-state index >= 15 is 0 Å². The van der Waals surface area contributed by atoms with Crippen molar-refractivity contribution >= 4 is 122 Å². The van der Waals surface area contributed by atoms with Gasteiger partial charge in [0.1, 0.15) is 33.4 Å². The third kappa shape index (κ3) is 11.2. The van der Waals surface area contributed by atoms with Crippen molar-refractivity contribution in [1.29, 1.82) is 0 Å². The summed E-state index contributed by atoms with van der Waals surface area (Å²) in [5.41, 5.74) is 27.6. The van der Waals surface area contributed by atoms with Gasteiger partial charge in [-0.15, -0.1) is 0 Å². The molecule has 0 spiro atoms. The van der Waals surface area contributed by atoms with Crippen LogP contribution in [0.1, 0.15) is 0 Å². The number of anilines is 6. The van der Waals surface area contributed by atoms with Gasteiger partial charge in [-0.1, -0.05) is 224 Å². The van der Waals surface area contributed by atoms with E-state index in [2.05, 4.69) is 374 Å². The Kier molecular flexibility index (Phi) is 14.7. The predicted octanol–water partition coefficient (Wildman–Crippen LogP) is 28.3. The molecular weight excluding hydrogens is 1320 g/mol. The van der Waals surface area contributed by atoms with Crippen LogP contribution in [0, 0.1) is 0 Å². The molecule has 0 saturated heterocycles.